The van der Waals surface area contributed by atoms with Crippen molar-refractivity contribution in [1.29, 1.82) is 0 Å². The third kappa shape index (κ3) is 3.07. The van der Waals surface area contributed by atoms with Crippen LogP contribution in [0.15, 0.2) is 43.0 Å². The number of nitrogens with zero attached hydrogens (tertiary/aromatic N) is 5. The lowest BCUT2D eigenvalue weighted by Crippen LogP contribution is -2.07. The van der Waals surface area contributed by atoms with Crippen molar-refractivity contribution in [2.75, 3.05) is 0 Å². The molecule has 0 saturated carbocycles. The molecule has 0 bridgehead atoms. The fourth-order valence-electron chi connectivity index (χ4n) is 3.08. The van der Waals surface area contributed by atoms with Gasteiger partial charge in [-0.05, 0) is 38.1 Å². The molecule has 0 amide bonds. The number of fused-ring (bicyclic) bond motifs is 1. The highest BCUT2D eigenvalue weighted by Crippen LogP contribution is 2.31. The van der Waals surface area contributed by atoms with Gasteiger partial charge < -0.3 is 8.97 Å². The van der Waals surface area contributed by atoms with Gasteiger partial charge in [-0.15, -0.1) is 0 Å². The molecule has 0 spiro atoms. The van der Waals surface area contributed by atoms with Crippen molar-refractivity contribution < 1.29 is 13.2 Å². The van der Waals surface area contributed by atoms with Crippen LogP contribution in [0.3, 0.4) is 0 Å². The number of rotatable bonds is 4. The zero-order valence-corrected chi connectivity index (χ0v) is 14.7. The summed E-state index contributed by atoms with van der Waals surface area (Å²) in [6.45, 7) is 2.96. The summed E-state index contributed by atoms with van der Waals surface area (Å²) in [5.74, 6) is -0.428. The Morgan fingerprint density at radius 2 is 1.89 bits per heavy atom. The lowest BCUT2D eigenvalue weighted by Gasteiger charge is -2.11. The van der Waals surface area contributed by atoms with Gasteiger partial charge in [0, 0.05) is 23.7 Å². The average Bonchev–Trinajstić information content (AvgIpc) is 3.20. The van der Waals surface area contributed by atoms with Gasteiger partial charge in [-0.3, -0.25) is 0 Å². The summed E-state index contributed by atoms with van der Waals surface area (Å²) in [6.07, 6.45) is 2.40. The molecule has 0 unspecified atom stereocenters. The highest BCUT2D eigenvalue weighted by Gasteiger charge is 2.19. The summed E-state index contributed by atoms with van der Waals surface area (Å²) in [6, 6.07) is 6.43. The second-order valence-corrected chi connectivity index (χ2v) is 6.29. The second kappa shape index (κ2) is 6.53. The van der Waals surface area contributed by atoms with Crippen LogP contribution in [0, 0.1) is 19.7 Å². The van der Waals surface area contributed by atoms with Crippen LogP contribution in [0.5, 0.6) is 0 Å². The maximum absolute atomic E-state index is 13.6. The molecule has 0 saturated heterocycles. The normalized spacial score (nSPS) is 11.6. The number of aromatic nitrogens is 5. The second-order valence-electron chi connectivity index (χ2n) is 6.29. The van der Waals surface area contributed by atoms with E-state index in [1.165, 1.54) is 23.0 Å². The summed E-state index contributed by atoms with van der Waals surface area (Å²) in [7, 11) is 0. The summed E-state index contributed by atoms with van der Waals surface area (Å²) in [5, 5.41) is 0. The van der Waals surface area contributed by atoms with Crippen molar-refractivity contribution in [3.05, 3.63) is 60.2 Å². The van der Waals surface area contributed by atoms with Crippen molar-refractivity contribution in [3.8, 4) is 22.6 Å². The summed E-state index contributed by atoms with van der Waals surface area (Å²) in [5.41, 5.74) is 3.96. The summed E-state index contributed by atoms with van der Waals surface area (Å²) in [4.78, 5) is 12.8. The number of hydrogen-bond acceptors (Lipinski definition) is 3. The number of aryl methyl sites for hydroxylation is 2. The van der Waals surface area contributed by atoms with Gasteiger partial charge in [-0.2, -0.15) is 0 Å². The van der Waals surface area contributed by atoms with E-state index in [1.807, 2.05) is 23.6 Å². The van der Waals surface area contributed by atoms with Crippen LogP contribution in [0.4, 0.5) is 13.2 Å². The first-order valence-electron chi connectivity index (χ1n) is 8.35. The van der Waals surface area contributed by atoms with Crippen molar-refractivity contribution in [2.45, 2.75) is 26.8 Å². The summed E-state index contributed by atoms with van der Waals surface area (Å²) >= 11 is 0. The van der Waals surface area contributed by atoms with E-state index >= 15 is 0 Å². The summed E-state index contributed by atoms with van der Waals surface area (Å²) < 4.78 is 43.0. The van der Waals surface area contributed by atoms with Gasteiger partial charge in [0.1, 0.15) is 17.2 Å². The maximum atomic E-state index is 13.6. The van der Waals surface area contributed by atoms with E-state index in [4.69, 9.17) is 0 Å². The molecule has 0 atom stereocenters. The van der Waals surface area contributed by atoms with Crippen LogP contribution in [0.1, 0.15) is 11.4 Å². The lowest BCUT2D eigenvalue weighted by molar-refractivity contribution is 0.127. The smallest absolute Gasteiger partial charge is 0.256 e. The Labute approximate surface area is 153 Å². The molecule has 0 aliphatic rings. The third-order valence-electron chi connectivity index (χ3n) is 4.40. The molecule has 5 nitrogen and oxygen atoms in total. The van der Waals surface area contributed by atoms with Crippen LogP contribution in [0.25, 0.3) is 28.3 Å². The first kappa shape index (κ1) is 17.3. The highest BCUT2D eigenvalue weighted by atomic mass is 19.3. The molecule has 0 aliphatic carbocycles. The molecule has 138 valence electrons. The quantitative estimate of drug-likeness (QED) is 0.538. The van der Waals surface area contributed by atoms with Crippen LogP contribution in [-0.4, -0.2) is 30.3 Å². The number of halogens is 3. The third-order valence-corrected chi connectivity index (χ3v) is 4.40. The van der Waals surface area contributed by atoms with Gasteiger partial charge in [0.25, 0.3) is 6.43 Å². The molecule has 4 aromatic rings. The topological polar surface area (TPSA) is 48.0 Å². The highest BCUT2D eigenvalue weighted by molar-refractivity contribution is 5.77. The standard InChI is InChI=1S/C19H16F3N5/c1-11-7-23-17-6-3-13(8-27(11)17)19-18(24-10-26(19)9-16(21)22)15-5-4-14(20)12(2)25-15/h3-8,10,16H,9H2,1-2H3. The molecule has 0 N–H and O–H groups in total. The molecule has 4 aromatic heterocycles. The molecule has 0 radical (unpaired) electrons. The van der Waals surface area contributed by atoms with Gasteiger partial charge in [-0.25, -0.2) is 28.1 Å². The van der Waals surface area contributed by atoms with E-state index in [-0.39, 0.29) is 5.69 Å². The number of pyridine rings is 2. The molecule has 4 heterocycles. The van der Waals surface area contributed by atoms with Crippen LogP contribution in [0.2, 0.25) is 0 Å². The van der Waals surface area contributed by atoms with Crippen molar-refractivity contribution in [3.63, 3.8) is 0 Å². The minimum atomic E-state index is -2.53. The Bertz CT molecular complexity index is 1130. The SMILES string of the molecule is Cc1nc(-c2ncn(CC(F)F)c2-c2ccc3ncc(C)n3c2)ccc1F. The zero-order valence-electron chi connectivity index (χ0n) is 14.7. The number of imidazole rings is 2. The molecule has 0 aliphatic heterocycles. The minimum Gasteiger partial charge on any atom is -0.324 e. The Morgan fingerprint density at radius 3 is 2.63 bits per heavy atom. The van der Waals surface area contributed by atoms with Crippen molar-refractivity contribution in [2.24, 2.45) is 0 Å². The Kier molecular flexibility index (Phi) is 4.18. The van der Waals surface area contributed by atoms with Crippen molar-refractivity contribution in [1.82, 2.24) is 23.9 Å². The molecule has 0 aromatic carbocycles. The number of hydrogen-bond donors (Lipinski definition) is 0. The van der Waals surface area contributed by atoms with Gasteiger partial charge >= 0.3 is 0 Å². The van der Waals surface area contributed by atoms with Crippen LogP contribution >= 0.6 is 0 Å². The molecule has 27 heavy (non-hydrogen) atoms. The fraction of sp³-hybridized carbons (Fsp3) is 0.211. The minimum absolute atomic E-state index is 0.225. The van der Waals surface area contributed by atoms with Gasteiger partial charge in [0.05, 0.1) is 30.0 Å². The predicted octanol–water partition coefficient (Wildman–Crippen LogP) is 4.28. The molecular formula is C19H16F3N5. The van der Waals surface area contributed by atoms with Crippen molar-refractivity contribution >= 4 is 5.65 Å². The number of alkyl halides is 2. The average molecular weight is 371 g/mol. The van der Waals surface area contributed by atoms with Gasteiger partial charge in [0.2, 0.25) is 0 Å². The first-order valence-corrected chi connectivity index (χ1v) is 8.35. The first-order chi connectivity index (χ1) is 12.9. The van der Waals surface area contributed by atoms with E-state index in [1.54, 1.807) is 19.2 Å². The van der Waals surface area contributed by atoms with E-state index in [0.29, 0.717) is 22.6 Å². The molecular weight excluding hydrogens is 355 g/mol. The van der Waals surface area contributed by atoms with E-state index in [9.17, 15) is 13.2 Å². The Morgan fingerprint density at radius 1 is 1.07 bits per heavy atom. The fourth-order valence-corrected chi connectivity index (χ4v) is 3.08. The Balaban J connectivity index is 1.93. The van der Waals surface area contributed by atoms with Gasteiger partial charge in [-0.1, -0.05) is 0 Å². The lowest BCUT2D eigenvalue weighted by atomic mass is 10.1. The molecule has 0 fully saturated rings. The predicted molar refractivity (Wildman–Crippen MR) is 95.1 cm³/mol. The van der Waals surface area contributed by atoms with E-state index in [0.717, 1.165) is 11.3 Å². The largest absolute Gasteiger partial charge is 0.324 e. The van der Waals surface area contributed by atoms with Crippen LogP contribution in [-0.2, 0) is 6.54 Å². The molecule has 4 rings (SSSR count). The monoisotopic (exact) mass is 371 g/mol. The van der Waals surface area contributed by atoms with Gasteiger partial charge in [0.15, 0.2) is 0 Å². The maximum Gasteiger partial charge on any atom is 0.256 e. The van der Waals surface area contributed by atoms with E-state index in [2.05, 4.69) is 15.0 Å². The Hall–Kier alpha value is -3.16. The molecule has 8 heteroatoms. The van der Waals surface area contributed by atoms with E-state index < -0.39 is 18.8 Å². The zero-order chi connectivity index (χ0) is 19.1. The van der Waals surface area contributed by atoms with Crippen LogP contribution < -0.4 is 0 Å².